The van der Waals surface area contributed by atoms with Gasteiger partial charge in [0.1, 0.15) is 0 Å². The minimum atomic E-state index is -1.33. The third-order valence-corrected chi connectivity index (χ3v) is 2.31. The monoisotopic (exact) mass is 255 g/mol. The molecule has 0 aliphatic heterocycles. The van der Waals surface area contributed by atoms with Crippen LogP contribution in [0.4, 0.5) is 0 Å². The quantitative estimate of drug-likeness (QED) is 0.366. The van der Waals surface area contributed by atoms with E-state index in [0.717, 1.165) is 7.11 Å². The third kappa shape index (κ3) is 3.29. The second-order valence-electron chi connectivity index (χ2n) is 3.11. The fourth-order valence-electron chi connectivity index (χ4n) is 1.22. The Labute approximate surface area is 103 Å². The molecule has 0 saturated carbocycles. The molecule has 17 heavy (non-hydrogen) atoms. The molecule has 0 bridgehead atoms. The second-order valence-corrected chi connectivity index (χ2v) is 3.55. The third-order valence-electron chi connectivity index (χ3n) is 2.06. The summed E-state index contributed by atoms with van der Waals surface area (Å²) in [6, 6.07) is 4.63. The molecule has 1 rings (SSSR count). The highest BCUT2D eigenvalue weighted by Crippen LogP contribution is 2.11. The Hall–Kier alpha value is -1.88. The number of esters is 1. The summed E-state index contributed by atoms with van der Waals surface area (Å²) in [4.78, 5) is 33.5. The molecule has 1 atom stereocenters. The zero-order valence-electron chi connectivity index (χ0n) is 8.98. The number of hydrogen-bond acceptors (Lipinski definition) is 4. The van der Waals surface area contributed by atoms with Crippen LogP contribution < -0.4 is 5.32 Å². The minimum Gasteiger partial charge on any atom is -0.467 e. The Morgan fingerprint density at radius 2 is 1.94 bits per heavy atom. The van der Waals surface area contributed by atoms with Gasteiger partial charge in [0.05, 0.1) is 7.11 Å². The number of amides is 1. The van der Waals surface area contributed by atoms with Crippen LogP contribution in [0.15, 0.2) is 24.3 Å². The van der Waals surface area contributed by atoms with Crippen molar-refractivity contribution >= 4 is 29.8 Å². The number of nitrogens with one attached hydrogen (secondary N) is 1. The van der Waals surface area contributed by atoms with Gasteiger partial charge in [-0.2, -0.15) is 0 Å². The van der Waals surface area contributed by atoms with Gasteiger partial charge in [-0.05, 0) is 24.3 Å². The molecule has 5 nitrogen and oxygen atoms in total. The summed E-state index contributed by atoms with van der Waals surface area (Å²) in [7, 11) is 1.14. The fourth-order valence-corrected chi connectivity index (χ4v) is 1.34. The van der Waals surface area contributed by atoms with E-state index in [2.05, 4.69) is 10.1 Å². The van der Waals surface area contributed by atoms with Crippen molar-refractivity contribution in [2.45, 2.75) is 6.04 Å². The average molecular weight is 256 g/mol. The Kier molecular flexibility index (Phi) is 4.66. The summed E-state index contributed by atoms with van der Waals surface area (Å²) in [6.45, 7) is 0. The highest BCUT2D eigenvalue weighted by Gasteiger charge is 2.27. The Bertz CT molecular complexity index is 430. The molecule has 1 amide bonds. The van der Waals surface area contributed by atoms with E-state index in [1.165, 1.54) is 24.3 Å². The van der Waals surface area contributed by atoms with Crippen LogP contribution in [0.2, 0.25) is 5.02 Å². The van der Waals surface area contributed by atoms with Crippen molar-refractivity contribution < 1.29 is 19.1 Å². The Balaban J connectivity index is 2.95. The van der Waals surface area contributed by atoms with Crippen molar-refractivity contribution in [2.75, 3.05) is 7.11 Å². The van der Waals surface area contributed by atoms with Crippen LogP contribution >= 0.6 is 11.6 Å². The Morgan fingerprint density at radius 3 is 2.41 bits per heavy atom. The number of ether oxygens (including phenoxy) is 1. The van der Waals surface area contributed by atoms with E-state index in [1.54, 1.807) is 0 Å². The SMILES string of the molecule is COC(=O)C(NC=O)C(=O)c1ccc(Cl)cc1. The van der Waals surface area contributed by atoms with Gasteiger partial charge in [-0.15, -0.1) is 0 Å². The molecule has 0 radical (unpaired) electrons. The van der Waals surface area contributed by atoms with Gasteiger partial charge in [-0.1, -0.05) is 11.6 Å². The lowest BCUT2D eigenvalue weighted by Gasteiger charge is -2.12. The smallest absolute Gasteiger partial charge is 0.336 e. The highest BCUT2D eigenvalue weighted by atomic mass is 35.5. The van der Waals surface area contributed by atoms with E-state index < -0.39 is 17.8 Å². The Morgan fingerprint density at radius 1 is 1.35 bits per heavy atom. The van der Waals surface area contributed by atoms with Gasteiger partial charge in [0.15, 0.2) is 11.8 Å². The van der Waals surface area contributed by atoms with Gasteiger partial charge in [0, 0.05) is 10.6 Å². The maximum absolute atomic E-state index is 11.9. The van der Waals surface area contributed by atoms with Crippen molar-refractivity contribution in [1.82, 2.24) is 5.32 Å². The van der Waals surface area contributed by atoms with Crippen molar-refractivity contribution in [3.63, 3.8) is 0 Å². The van der Waals surface area contributed by atoms with Gasteiger partial charge in [0.2, 0.25) is 6.41 Å². The maximum atomic E-state index is 11.9. The van der Waals surface area contributed by atoms with Crippen molar-refractivity contribution in [3.05, 3.63) is 34.9 Å². The molecule has 0 fully saturated rings. The number of rotatable bonds is 5. The molecule has 1 N–H and O–H groups in total. The van der Waals surface area contributed by atoms with Crippen molar-refractivity contribution in [3.8, 4) is 0 Å². The number of benzene rings is 1. The fraction of sp³-hybridized carbons (Fsp3) is 0.182. The number of methoxy groups -OCH3 is 1. The van der Waals surface area contributed by atoms with E-state index in [4.69, 9.17) is 11.6 Å². The first-order chi connectivity index (χ1) is 8.10. The summed E-state index contributed by atoms with van der Waals surface area (Å²) in [5, 5.41) is 2.58. The molecular formula is C11H10ClNO4. The van der Waals surface area contributed by atoms with Gasteiger partial charge in [-0.3, -0.25) is 9.59 Å². The molecule has 0 saturated heterocycles. The first-order valence-electron chi connectivity index (χ1n) is 4.67. The maximum Gasteiger partial charge on any atom is 0.336 e. The predicted octanol–water partition coefficient (Wildman–Crippen LogP) is 0.810. The standard InChI is InChI=1S/C11H10ClNO4/c1-17-11(16)9(13-6-14)10(15)7-2-4-8(12)5-3-7/h2-6,9H,1H3,(H,13,14). The van der Waals surface area contributed by atoms with E-state index in [1.807, 2.05) is 0 Å². The normalized spacial score (nSPS) is 11.4. The van der Waals surface area contributed by atoms with Gasteiger partial charge in [-0.25, -0.2) is 4.79 Å². The zero-order valence-corrected chi connectivity index (χ0v) is 9.73. The predicted molar refractivity (Wildman–Crippen MR) is 60.8 cm³/mol. The molecule has 1 aromatic rings. The zero-order chi connectivity index (χ0) is 12.8. The minimum absolute atomic E-state index is 0.263. The summed E-state index contributed by atoms with van der Waals surface area (Å²) >= 11 is 5.67. The molecule has 1 unspecified atom stereocenters. The van der Waals surface area contributed by atoms with Gasteiger partial charge >= 0.3 is 5.97 Å². The molecule has 6 heteroatoms. The van der Waals surface area contributed by atoms with Crippen LogP contribution in [0, 0.1) is 0 Å². The molecule has 1 aromatic carbocycles. The van der Waals surface area contributed by atoms with E-state index in [-0.39, 0.29) is 12.0 Å². The largest absolute Gasteiger partial charge is 0.467 e. The summed E-state index contributed by atoms with van der Waals surface area (Å²) in [5.74, 6) is -1.38. The van der Waals surface area contributed by atoms with E-state index in [9.17, 15) is 14.4 Å². The van der Waals surface area contributed by atoms with Crippen LogP contribution in [0.1, 0.15) is 10.4 Å². The molecular weight excluding hydrogens is 246 g/mol. The number of halogens is 1. The van der Waals surface area contributed by atoms with Crippen LogP contribution in [-0.4, -0.2) is 31.3 Å². The molecule has 0 aliphatic rings. The van der Waals surface area contributed by atoms with Gasteiger partial charge in [0.25, 0.3) is 0 Å². The lowest BCUT2D eigenvalue weighted by molar-refractivity contribution is -0.142. The number of carbonyl (C=O) groups excluding carboxylic acids is 3. The van der Waals surface area contributed by atoms with Gasteiger partial charge < -0.3 is 10.1 Å². The van der Waals surface area contributed by atoms with E-state index >= 15 is 0 Å². The lowest BCUT2D eigenvalue weighted by Crippen LogP contribution is -2.43. The molecule has 0 spiro atoms. The molecule has 0 heterocycles. The van der Waals surface area contributed by atoms with Crippen LogP contribution in [0.3, 0.4) is 0 Å². The van der Waals surface area contributed by atoms with Crippen LogP contribution in [0.5, 0.6) is 0 Å². The topological polar surface area (TPSA) is 72.5 Å². The molecule has 90 valence electrons. The second kappa shape index (κ2) is 6.00. The number of Topliss-reactive ketones (excluding diaryl/α,β-unsaturated/α-hetero) is 1. The summed E-state index contributed by atoms with van der Waals surface area (Å²) in [6.07, 6.45) is 0.273. The first kappa shape index (κ1) is 13.2. The van der Waals surface area contributed by atoms with E-state index in [0.29, 0.717) is 5.02 Å². The molecule has 0 aliphatic carbocycles. The number of ketones is 1. The lowest BCUT2D eigenvalue weighted by atomic mass is 10.0. The summed E-state index contributed by atoms with van der Waals surface area (Å²) < 4.78 is 4.42. The first-order valence-corrected chi connectivity index (χ1v) is 5.05. The van der Waals surface area contributed by atoms with Crippen LogP contribution in [-0.2, 0) is 14.3 Å². The van der Waals surface area contributed by atoms with Crippen molar-refractivity contribution in [1.29, 1.82) is 0 Å². The average Bonchev–Trinajstić information content (AvgIpc) is 2.35. The summed E-state index contributed by atoms with van der Waals surface area (Å²) in [5.41, 5.74) is 0.263. The molecule has 0 aromatic heterocycles. The number of hydrogen-bond donors (Lipinski definition) is 1. The number of carbonyl (C=O) groups is 3. The van der Waals surface area contributed by atoms with Crippen molar-refractivity contribution in [2.24, 2.45) is 0 Å². The highest BCUT2D eigenvalue weighted by molar-refractivity contribution is 6.30. The van der Waals surface area contributed by atoms with Crippen LogP contribution in [0.25, 0.3) is 0 Å².